The zero-order valence-electron chi connectivity index (χ0n) is 16.7. The van der Waals surface area contributed by atoms with Crippen molar-refractivity contribution < 1.29 is 14.2 Å². The lowest BCUT2D eigenvalue weighted by atomic mass is 10.0. The molecule has 0 bridgehead atoms. The van der Waals surface area contributed by atoms with Crippen molar-refractivity contribution in [3.05, 3.63) is 75.7 Å². The number of rotatable bonds is 5. The van der Waals surface area contributed by atoms with Crippen LogP contribution in [0.4, 0.5) is 5.69 Å². The first-order chi connectivity index (χ1) is 13.7. The van der Waals surface area contributed by atoms with E-state index in [-0.39, 0.29) is 18.1 Å². The highest BCUT2D eigenvalue weighted by atomic mass is 16.6. The lowest BCUT2D eigenvalue weighted by molar-refractivity contribution is -0.385. The Hall–Kier alpha value is -3.55. The average Bonchev–Trinajstić information content (AvgIpc) is 3.14. The van der Waals surface area contributed by atoms with Gasteiger partial charge in [0.2, 0.25) is 11.7 Å². The second-order valence-electron chi connectivity index (χ2n) is 7.70. The first-order valence-electron chi connectivity index (χ1n) is 9.12. The number of hydrogen-bond donors (Lipinski definition) is 0. The number of carbonyl (C=O) groups is 1. The van der Waals surface area contributed by atoms with Gasteiger partial charge in [0, 0.05) is 28.3 Å². The lowest BCUT2D eigenvalue weighted by Gasteiger charge is -2.34. The van der Waals surface area contributed by atoms with Crippen molar-refractivity contribution in [1.29, 1.82) is 0 Å². The minimum Gasteiger partial charge on any atom is -0.337 e. The standard InChI is InChI=1S/C21H22N4O4/c1-14-12-16(10-11-17(14)25(27)28)20(26)24(21(2,3)4)13-18-22-19(23-29-18)15-8-6-5-7-9-15/h5-12H,13H2,1-4H3. The average molecular weight is 394 g/mol. The van der Waals surface area contributed by atoms with Crippen molar-refractivity contribution in [3.8, 4) is 11.4 Å². The molecule has 8 nitrogen and oxygen atoms in total. The van der Waals surface area contributed by atoms with E-state index in [1.165, 1.54) is 18.2 Å². The van der Waals surface area contributed by atoms with E-state index in [1.807, 2.05) is 51.1 Å². The number of nitro groups is 1. The maximum atomic E-state index is 13.2. The fourth-order valence-corrected chi connectivity index (χ4v) is 2.92. The van der Waals surface area contributed by atoms with Crippen molar-refractivity contribution in [3.63, 3.8) is 0 Å². The topological polar surface area (TPSA) is 102 Å². The summed E-state index contributed by atoms with van der Waals surface area (Å²) in [6, 6.07) is 13.8. The molecule has 3 rings (SSSR count). The largest absolute Gasteiger partial charge is 0.337 e. The molecular formula is C21H22N4O4. The van der Waals surface area contributed by atoms with E-state index >= 15 is 0 Å². The number of carbonyl (C=O) groups excluding carboxylic acids is 1. The van der Waals surface area contributed by atoms with Crippen LogP contribution >= 0.6 is 0 Å². The summed E-state index contributed by atoms with van der Waals surface area (Å²) in [5.41, 5.74) is 1.06. The quantitative estimate of drug-likeness (QED) is 0.470. The molecule has 0 saturated heterocycles. The van der Waals surface area contributed by atoms with Gasteiger partial charge in [-0.2, -0.15) is 4.98 Å². The van der Waals surface area contributed by atoms with E-state index in [1.54, 1.807) is 11.8 Å². The van der Waals surface area contributed by atoms with Crippen LogP contribution in [0.25, 0.3) is 11.4 Å². The molecule has 0 spiro atoms. The van der Waals surface area contributed by atoms with E-state index in [0.29, 0.717) is 22.8 Å². The Morgan fingerprint density at radius 2 is 1.86 bits per heavy atom. The van der Waals surface area contributed by atoms with Crippen molar-refractivity contribution in [2.24, 2.45) is 0 Å². The Kier molecular flexibility index (Phi) is 5.45. The van der Waals surface area contributed by atoms with Gasteiger partial charge in [0.05, 0.1) is 4.92 Å². The minimum absolute atomic E-state index is 0.0201. The predicted molar refractivity (Wildman–Crippen MR) is 107 cm³/mol. The van der Waals surface area contributed by atoms with Crippen molar-refractivity contribution >= 4 is 11.6 Å². The number of hydrogen-bond acceptors (Lipinski definition) is 6. The molecule has 3 aromatic rings. The first-order valence-corrected chi connectivity index (χ1v) is 9.12. The van der Waals surface area contributed by atoms with Crippen LogP contribution in [0.5, 0.6) is 0 Å². The van der Waals surface area contributed by atoms with Crippen LogP contribution in [0.3, 0.4) is 0 Å². The molecule has 0 aliphatic carbocycles. The molecule has 29 heavy (non-hydrogen) atoms. The molecule has 2 aromatic carbocycles. The predicted octanol–water partition coefficient (Wildman–Crippen LogP) is 4.39. The molecule has 0 unspecified atom stereocenters. The zero-order valence-corrected chi connectivity index (χ0v) is 16.7. The molecule has 0 N–H and O–H groups in total. The van der Waals surface area contributed by atoms with Crippen LogP contribution in [-0.2, 0) is 6.54 Å². The lowest BCUT2D eigenvalue weighted by Crippen LogP contribution is -2.45. The van der Waals surface area contributed by atoms with Gasteiger partial charge in [0.1, 0.15) is 6.54 Å². The number of benzene rings is 2. The van der Waals surface area contributed by atoms with Crippen molar-refractivity contribution in [2.75, 3.05) is 0 Å². The third-order valence-electron chi connectivity index (χ3n) is 4.49. The summed E-state index contributed by atoms with van der Waals surface area (Å²) in [4.78, 5) is 29.8. The minimum atomic E-state index is -0.534. The summed E-state index contributed by atoms with van der Waals surface area (Å²) in [6.45, 7) is 7.44. The molecule has 0 saturated carbocycles. The monoisotopic (exact) mass is 394 g/mol. The van der Waals surface area contributed by atoms with E-state index in [2.05, 4.69) is 10.1 Å². The fraction of sp³-hybridized carbons (Fsp3) is 0.286. The molecule has 1 aromatic heterocycles. The number of nitro benzene ring substituents is 1. The van der Waals surface area contributed by atoms with E-state index < -0.39 is 10.5 Å². The summed E-state index contributed by atoms with van der Waals surface area (Å²) < 4.78 is 5.36. The van der Waals surface area contributed by atoms with Crippen LogP contribution in [0.2, 0.25) is 0 Å². The molecule has 0 fully saturated rings. The number of nitrogens with zero attached hydrogens (tertiary/aromatic N) is 4. The SMILES string of the molecule is Cc1cc(C(=O)N(Cc2nc(-c3ccccc3)no2)C(C)(C)C)ccc1[N+](=O)[O-]. The second-order valence-corrected chi connectivity index (χ2v) is 7.70. The van der Waals surface area contributed by atoms with E-state index in [0.717, 1.165) is 5.56 Å². The molecule has 150 valence electrons. The third-order valence-corrected chi connectivity index (χ3v) is 4.49. The van der Waals surface area contributed by atoms with Crippen LogP contribution in [0.15, 0.2) is 53.1 Å². The molecule has 0 aliphatic rings. The van der Waals surface area contributed by atoms with Gasteiger partial charge in [-0.25, -0.2) is 0 Å². The molecule has 0 atom stereocenters. The Labute approximate surface area is 168 Å². The Bertz CT molecular complexity index is 1040. The Balaban J connectivity index is 1.88. The van der Waals surface area contributed by atoms with Gasteiger partial charge < -0.3 is 9.42 Å². The number of amides is 1. The molecule has 0 radical (unpaired) electrons. The fourth-order valence-electron chi connectivity index (χ4n) is 2.92. The molecule has 0 aliphatic heterocycles. The van der Waals surface area contributed by atoms with Gasteiger partial charge in [-0.1, -0.05) is 35.5 Å². The second kappa shape index (κ2) is 7.83. The van der Waals surface area contributed by atoms with E-state index in [9.17, 15) is 14.9 Å². The van der Waals surface area contributed by atoms with Crippen LogP contribution in [0.1, 0.15) is 42.6 Å². The van der Waals surface area contributed by atoms with Crippen LogP contribution in [0, 0.1) is 17.0 Å². The normalized spacial score (nSPS) is 11.3. The highest BCUT2D eigenvalue weighted by molar-refractivity contribution is 5.95. The third kappa shape index (κ3) is 4.48. The van der Waals surface area contributed by atoms with Crippen molar-refractivity contribution in [1.82, 2.24) is 15.0 Å². The van der Waals surface area contributed by atoms with Gasteiger partial charge in [0.25, 0.3) is 11.6 Å². The molecule has 1 heterocycles. The van der Waals surface area contributed by atoms with Crippen LogP contribution < -0.4 is 0 Å². The maximum absolute atomic E-state index is 13.2. The highest BCUT2D eigenvalue weighted by Crippen LogP contribution is 2.25. The van der Waals surface area contributed by atoms with Crippen molar-refractivity contribution in [2.45, 2.75) is 39.8 Å². The molecular weight excluding hydrogens is 372 g/mol. The van der Waals surface area contributed by atoms with Gasteiger partial charge >= 0.3 is 0 Å². The summed E-state index contributed by atoms with van der Waals surface area (Å²) in [6.07, 6.45) is 0. The number of aryl methyl sites for hydroxylation is 1. The zero-order chi connectivity index (χ0) is 21.2. The first kappa shape index (κ1) is 20.2. The maximum Gasteiger partial charge on any atom is 0.272 e. The van der Waals surface area contributed by atoms with Gasteiger partial charge in [-0.3, -0.25) is 14.9 Å². The number of aromatic nitrogens is 2. The summed E-state index contributed by atoms with van der Waals surface area (Å²) >= 11 is 0. The van der Waals surface area contributed by atoms with Gasteiger partial charge in [0.15, 0.2) is 0 Å². The molecule has 1 amide bonds. The summed E-state index contributed by atoms with van der Waals surface area (Å²) in [5.74, 6) is 0.494. The van der Waals surface area contributed by atoms with Gasteiger partial charge in [-0.05, 0) is 39.8 Å². The summed E-state index contributed by atoms with van der Waals surface area (Å²) in [7, 11) is 0. The van der Waals surface area contributed by atoms with Gasteiger partial charge in [-0.15, -0.1) is 0 Å². The Morgan fingerprint density at radius 3 is 2.45 bits per heavy atom. The Morgan fingerprint density at radius 1 is 1.17 bits per heavy atom. The van der Waals surface area contributed by atoms with E-state index in [4.69, 9.17) is 4.52 Å². The highest BCUT2D eigenvalue weighted by Gasteiger charge is 2.30. The summed E-state index contributed by atoms with van der Waals surface area (Å²) in [5, 5.41) is 15.0. The van der Waals surface area contributed by atoms with Crippen LogP contribution in [-0.4, -0.2) is 31.4 Å². The molecule has 8 heteroatoms. The smallest absolute Gasteiger partial charge is 0.272 e.